The molecule has 1 fully saturated rings. The Morgan fingerprint density at radius 3 is 2.38 bits per heavy atom. The van der Waals surface area contributed by atoms with Gasteiger partial charge < -0.3 is 10.8 Å². The Hall–Kier alpha value is -0.460. The standard InChI is InChI=1S/C16H29N3OS/c1-12-5-10-21-15(12)14(13(2)17)19-8-6-18(7-9-19)11-16(3,4)20/h5,10,13-14,20H,6-9,11,17H2,1-4H3. The first kappa shape index (κ1) is 16.9. The zero-order chi connectivity index (χ0) is 15.6. The van der Waals surface area contributed by atoms with Crippen LogP contribution in [0.5, 0.6) is 0 Å². The molecule has 1 aliphatic heterocycles. The van der Waals surface area contributed by atoms with Gasteiger partial charge in [0, 0.05) is 43.6 Å². The molecule has 4 nitrogen and oxygen atoms in total. The molecule has 0 radical (unpaired) electrons. The van der Waals surface area contributed by atoms with Crippen molar-refractivity contribution >= 4 is 11.3 Å². The molecule has 2 unspecified atom stereocenters. The fraction of sp³-hybridized carbons (Fsp3) is 0.750. The smallest absolute Gasteiger partial charge is 0.0718 e. The van der Waals surface area contributed by atoms with Gasteiger partial charge in [-0.05, 0) is 44.7 Å². The third kappa shape index (κ3) is 4.50. The number of aliphatic hydroxyl groups is 1. The third-order valence-electron chi connectivity index (χ3n) is 4.08. The van der Waals surface area contributed by atoms with E-state index in [-0.39, 0.29) is 6.04 Å². The first-order chi connectivity index (χ1) is 9.78. The minimum absolute atomic E-state index is 0.128. The summed E-state index contributed by atoms with van der Waals surface area (Å²) in [4.78, 5) is 6.25. The molecule has 5 heteroatoms. The molecular formula is C16H29N3OS. The SMILES string of the molecule is Cc1ccsc1C(C(C)N)N1CCN(CC(C)(C)O)CC1. The first-order valence-electron chi connectivity index (χ1n) is 7.76. The molecule has 1 saturated heterocycles. The quantitative estimate of drug-likeness (QED) is 0.871. The van der Waals surface area contributed by atoms with Gasteiger partial charge in [0.2, 0.25) is 0 Å². The molecule has 0 aliphatic carbocycles. The molecule has 2 atom stereocenters. The van der Waals surface area contributed by atoms with E-state index in [4.69, 9.17) is 5.73 Å². The maximum Gasteiger partial charge on any atom is 0.0718 e. The number of aryl methyl sites for hydroxylation is 1. The second-order valence-electron chi connectivity index (χ2n) is 6.90. The number of hydrogen-bond acceptors (Lipinski definition) is 5. The summed E-state index contributed by atoms with van der Waals surface area (Å²) in [6.07, 6.45) is 0. The van der Waals surface area contributed by atoms with Crippen LogP contribution in [0, 0.1) is 6.92 Å². The van der Waals surface area contributed by atoms with Gasteiger partial charge in [-0.3, -0.25) is 9.80 Å². The molecule has 0 saturated carbocycles. The highest BCUT2D eigenvalue weighted by atomic mass is 32.1. The molecule has 1 aromatic rings. The third-order valence-corrected chi connectivity index (χ3v) is 5.17. The Kier molecular flexibility index (Phi) is 5.43. The van der Waals surface area contributed by atoms with Crippen LogP contribution in [0.25, 0.3) is 0 Å². The Bertz CT molecular complexity index is 445. The summed E-state index contributed by atoms with van der Waals surface area (Å²) in [5, 5.41) is 12.1. The molecular weight excluding hydrogens is 282 g/mol. The van der Waals surface area contributed by atoms with Crippen molar-refractivity contribution in [2.45, 2.75) is 45.4 Å². The van der Waals surface area contributed by atoms with Gasteiger partial charge in [0.1, 0.15) is 0 Å². The summed E-state index contributed by atoms with van der Waals surface area (Å²) in [5.74, 6) is 0. The van der Waals surface area contributed by atoms with Crippen molar-refractivity contribution in [1.29, 1.82) is 0 Å². The predicted octanol–water partition coefficient (Wildman–Crippen LogP) is 1.83. The number of piperazine rings is 1. The van der Waals surface area contributed by atoms with Crippen LogP contribution in [-0.2, 0) is 0 Å². The summed E-state index contributed by atoms with van der Waals surface area (Å²) in [6, 6.07) is 2.62. The number of rotatable bonds is 5. The average Bonchev–Trinajstić information content (AvgIpc) is 2.76. The van der Waals surface area contributed by atoms with E-state index in [9.17, 15) is 5.11 Å². The van der Waals surface area contributed by atoms with E-state index >= 15 is 0 Å². The van der Waals surface area contributed by atoms with Gasteiger partial charge in [-0.15, -0.1) is 11.3 Å². The van der Waals surface area contributed by atoms with Crippen molar-refractivity contribution in [2.75, 3.05) is 32.7 Å². The Balaban J connectivity index is 2.00. The van der Waals surface area contributed by atoms with Crippen molar-refractivity contribution in [3.05, 3.63) is 21.9 Å². The maximum absolute atomic E-state index is 9.95. The number of thiophene rings is 1. The van der Waals surface area contributed by atoms with Crippen molar-refractivity contribution < 1.29 is 5.11 Å². The van der Waals surface area contributed by atoms with Gasteiger partial charge in [0.25, 0.3) is 0 Å². The number of nitrogens with zero attached hydrogens (tertiary/aromatic N) is 2. The van der Waals surface area contributed by atoms with Crippen LogP contribution in [0.2, 0.25) is 0 Å². The van der Waals surface area contributed by atoms with Gasteiger partial charge >= 0.3 is 0 Å². The van der Waals surface area contributed by atoms with Crippen molar-refractivity contribution in [3.8, 4) is 0 Å². The van der Waals surface area contributed by atoms with Crippen molar-refractivity contribution in [1.82, 2.24) is 9.80 Å². The lowest BCUT2D eigenvalue weighted by atomic mass is 10.0. The summed E-state index contributed by atoms with van der Waals surface area (Å²) in [5.41, 5.74) is 7.01. The van der Waals surface area contributed by atoms with Gasteiger partial charge in [-0.25, -0.2) is 0 Å². The Morgan fingerprint density at radius 2 is 1.95 bits per heavy atom. The number of β-amino-alcohol motifs (C(OH)–C–C–N with tert-alkyl or cyclic N) is 1. The normalized spacial score (nSPS) is 21.4. The summed E-state index contributed by atoms with van der Waals surface area (Å²) in [7, 11) is 0. The molecule has 0 bridgehead atoms. The zero-order valence-corrected chi connectivity index (χ0v) is 14.5. The highest BCUT2D eigenvalue weighted by Gasteiger charge is 2.30. The highest BCUT2D eigenvalue weighted by molar-refractivity contribution is 7.10. The van der Waals surface area contributed by atoms with Crippen LogP contribution in [0.15, 0.2) is 11.4 Å². The molecule has 2 heterocycles. The Labute approximate surface area is 132 Å². The first-order valence-corrected chi connectivity index (χ1v) is 8.64. The lowest BCUT2D eigenvalue weighted by Gasteiger charge is -2.42. The van der Waals surface area contributed by atoms with Crippen LogP contribution in [0.4, 0.5) is 0 Å². The van der Waals surface area contributed by atoms with E-state index in [0.29, 0.717) is 6.04 Å². The van der Waals surface area contributed by atoms with Crippen LogP contribution < -0.4 is 5.73 Å². The molecule has 1 aromatic heterocycles. The van der Waals surface area contributed by atoms with Gasteiger partial charge in [-0.1, -0.05) is 0 Å². The van der Waals surface area contributed by atoms with Crippen molar-refractivity contribution in [2.24, 2.45) is 5.73 Å². The van der Waals surface area contributed by atoms with Crippen LogP contribution in [0.1, 0.15) is 37.3 Å². The van der Waals surface area contributed by atoms with Crippen molar-refractivity contribution in [3.63, 3.8) is 0 Å². The molecule has 3 N–H and O–H groups in total. The molecule has 0 amide bonds. The summed E-state index contributed by atoms with van der Waals surface area (Å²) in [6.45, 7) is 12.8. The van der Waals surface area contributed by atoms with Gasteiger partial charge in [-0.2, -0.15) is 0 Å². The van der Waals surface area contributed by atoms with E-state index in [1.54, 1.807) is 0 Å². The maximum atomic E-state index is 9.95. The molecule has 1 aliphatic rings. The average molecular weight is 311 g/mol. The van der Waals surface area contributed by atoms with Crippen LogP contribution in [-0.4, -0.2) is 59.3 Å². The topological polar surface area (TPSA) is 52.7 Å². The largest absolute Gasteiger partial charge is 0.389 e. The highest BCUT2D eigenvalue weighted by Crippen LogP contribution is 2.31. The summed E-state index contributed by atoms with van der Waals surface area (Å²) >= 11 is 1.82. The minimum atomic E-state index is -0.618. The molecule has 2 rings (SSSR count). The van der Waals surface area contributed by atoms with Gasteiger partial charge in [0.05, 0.1) is 11.6 Å². The van der Waals surface area contributed by atoms with E-state index in [1.807, 2.05) is 25.2 Å². The lowest BCUT2D eigenvalue weighted by Crippen LogP contribution is -2.53. The molecule has 0 aromatic carbocycles. The monoisotopic (exact) mass is 311 g/mol. The van der Waals surface area contributed by atoms with Crippen LogP contribution in [0.3, 0.4) is 0 Å². The summed E-state index contributed by atoms with van der Waals surface area (Å²) < 4.78 is 0. The fourth-order valence-corrected chi connectivity index (χ4v) is 4.35. The van der Waals surface area contributed by atoms with Gasteiger partial charge in [0.15, 0.2) is 0 Å². The number of nitrogens with two attached hydrogens (primary N) is 1. The molecule has 0 spiro atoms. The Morgan fingerprint density at radius 1 is 1.33 bits per heavy atom. The van der Waals surface area contributed by atoms with Crippen LogP contribution >= 0.6 is 11.3 Å². The van der Waals surface area contributed by atoms with E-state index < -0.39 is 5.60 Å². The molecule has 21 heavy (non-hydrogen) atoms. The molecule has 120 valence electrons. The number of hydrogen-bond donors (Lipinski definition) is 2. The van der Waals surface area contributed by atoms with E-state index in [2.05, 4.69) is 35.1 Å². The minimum Gasteiger partial charge on any atom is -0.389 e. The second-order valence-corrected chi connectivity index (χ2v) is 7.84. The van der Waals surface area contributed by atoms with E-state index in [0.717, 1.165) is 32.7 Å². The second kappa shape index (κ2) is 6.75. The zero-order valence-electron chi connectivity index (χ0n) is 13.7. The fourth-order valence-electron chi connectivity index (χ4n) is 3.17. The van der Waals surface area contributed by atoms with E-state index in [1.165, 1.54) is 10.4 Å². The lowest BCUT2D eigenvalue weighted by molar-refractivity contribution is 0.00910. The predicted molar refractivity (Wildman–Crippen MR) is 89.8 cm³/mol.